The Morgan fingerprint density at radius 2 is 2.06 bits per heavy atom. The number of nitrogen functional groups attached to an aromatic ring is 1. The van der Waals surface area contributed by atoms with Gasteiger partial charge in [0.05, 0.1) is 5.69 Å². The van der Waals surface area contributed by atoms with E-state index in [9.17, 15) is 4.79 Å². The number of hydrogen-bond acceptors (Lipinski definition) is 5. The van der Waals surface area contributed by atoms with Gasteiger partial charge in [-0.05, 0) is 25.0 Å². The van der Waals surface area contributed by atoms with Crippen LogP contribution in [-0.2, 0) is 6.42 Å². The minimum Gasteiger partial charge on any atom is -0.292 e. The van der Waals surface area contributed by atoms with Crippen molar-refractivity contribution in [2.75, 3.05) is 5.43 Å². The second-order valence-corrected chi connectivity index (χ2v) is 3.84. The van der Waals surface area contributed by atoms with Crippen LogP contribution in [-0.4, -0.2) is 14.5 Å². The molecule has 0 atom stereocenters. The Morgan fingerprint density at radius 1 is 1.33 bits per heavy atom. The van der Waals surface area contributed by atoms with Gasteiger partial charge in [0.2, 0.25) is 5.95 Å². The Morgan fingerprint density at radius 3 is 2.67 bits per heavy atom. The number of hydrogen-bond donors (Lipinski definition) is 2. The van der Waals surface area contributed by atoms with Crippen molar-refractivity contribution in [1.29, 1.82) is 0 Å². The largest absolute Gasteiger partial charge is 0.356 e. The highest BCUT2D eigenvalue weighted by Gasteiger charge is 2.10. The summed E-state index contributed by atoms with van der Waals surface area (Å²) in [7, 11) is 0. The van der Waals surface area contributed by atoms with Crippen molar-refractivity contribution in [3.05, 3.63) is 46.1 Å². The third-order valence-electron chi connectivity index (χ3n) is 2.73. The number of nitrogens with zero attached hydrogens (tertiary/aromatic N) is 3. The molecule has 0 amide bonds. The predicted octanol–water partition coefficient (Wildman–Crippen LogP) is 0.784. The predicted molar refractivity (Wildman–Crippen MR) is 69.6 cm³/mol. The first-order valence-corrected chi connectivity index (χ1v) is 5.70. The molecule has 1 heterocycles. The molecule has 94 valence electrons. The first-order valence-electron chi connectivity index (χ1n) is 5.70. The van der Waals surface area contributed by atoms with Gasteiger partial charge in [-0.25, -0.2) is 15.2 Å². The molecule has 2 rings (SSSR count). The van der Waals surface area contributed by atoms with E-state index in [1.807, 2.05) is 31.2 Å². The van der Waals surface area contributed by atoms with Crippen LogP contribution >= 0.6 is 0 Å². The van der Waals surface area contributed by atoms with Gasteiger partial charge >= 0.3 is 5.69 Å². The van der Waals surface area contributed by atoms with Crippen molar-refractivity contribution in [2.24, 2.45) is 5.84 Å². The Labute approximate surface area is 104 Å². The summed E-state index contributed by atoms with van der Waals surface area (Å²) in [5.74, 6) is 5.88. The minimum atomic E-state index is -0.392. The maximum atomic E-state index is 12.0. The van der Waals surface area contributed by atoms with Crippen LogP contribution < -0.4 is 17.0 Å². The molecule has 1 aromatic heterocycles. The SMILES string of the molecule is CCc1ccccc1-n1c(C)nc(NN)nc1=O. The number of nitrogens with one attached hydrogen (secondary N) is 1. The number of rotatable bonds is 3. The molecule has 0 saturated heterocycles. The van der Waals surface area contributed by atoms with Crippen LogP contribution in [0.2, 0.25) is 0 Å². The molecule has 0 bridgehead atoms. The van der Waals surface area contributed by atoms with Crippen molar-refractivity contribution in [3.8, 4) is 5.69 Å². The number of hydrazine groups is 1. The zero-order valence-electron chi connectivity index (χ0n) is 10.3. The fourth-order valence-electron chi connectivity index (χ4n) is 1.88. The molecular weight excluding hydrogens is 230 g/mol. The van der Waals surface area contributed by atoms with Gasteiger partial charge in [0.1, 0.15) is 5.82 Å². The molecule has 0 aliphatic carbocycles. The van der Waals surface area contributed by atoms with Gasteiger partial charge in [-0.15, -0.1) is 0 Å². The van der Waals surface area contributed by atoms with E-state index in [0.717, 1.165) is 17.7 Å². The quantitative estimate of drug-likeness (QED) is 0.616. The lowest BCUT2D eigenvalue weighted by atomic mass is 10.1. The van der Waals surface area contributed by atoms with Crippen molar-refractivity contribution < 1.29 is 0 Å². The third kappa shape index (κ3) is 2.10. The molecule has 0 radical (unpaired) electrons. The molecular formula is C12H15N5O. The zero-order chi connectivity index (χ0) is 13.1. The highest BCUT2D eigenvalue weighted by molar-refractivity contribution is 5.42. The summed E-state index contributed by atoms with van der Waals surface area (Å²) in [5, 5.41) is 0. The number of aromatic nitrogens is 3. The van der Waals surface area contributed by atoms with E-state index in [2.05, 4.69) is 15.4 Å². The first-order chi connectivity index (χ1) is 8.67. The summed E-state index contributed by atoms with van der Waals surface area (Å²) in [6.07, 6.45) is 0.832. The summed E-state index contributed by atoms with van der Waals surface area (Å²) in [5.41, 5.74) is 3.77. The maximum Gasteiger partial charge on any atom is 0.356 e. The van der Waals surface area contributed by atoms with Gasteiger partial charge in [0, 0.05) is 0 Å². The third-order valence-corrected chi connectivity index (χ3v) is 2.73. The Hall–Kier alpha value is -2.21. The molecule has 0 unspecified atom stereocenters. The minimum absolute atomic E-state index is 0.128. The van der Waals surface area contributed by atoms with Gasteiger partial charge in [-0.3, -0.25) is 5.43 Å². The summed E-state index contributed by atoms with van der Waals surface area (Å²) in [6.45, 7) is 3.78. The lowest BCUT2D eigenvalue weighted by Crippen LogP contribution is -2.28. The molecule has 0 spiro atoms. The molecule has 6 heteroatoms. The average molecular weight is 245 g/mol. The first kappa shape index (κ1) is 12.3. The standard InChI is InChI=1S/C12H15N5O/c1-3-9-6-4-5-7-10(9)17-8(2)14-11(16-13)15-12(17)18/h4-7H,3,13H2,1-2H3,(H,15,16,18). The van der Waals surface area contributed by atoms with Gasteiger partial charge in [-0.2, -0.15) is 9.97 Å². The van der Waals surface area contributed by atoms with E-state index in [1.54, 1.807) is 6.92 Å². The number of nitrogens with two attached hydrogens (primary N) is 1. The van der Waals surface area contributed by atoms with Crippen molar-refractivity contribution in [3.63, 3.8) is 0 Å². The summed E-state index contributed by atoms with van der Waals surface area (Å²) < 4.78 is 1.49. The van der Waals surface area contributed by atoms with Crippen LogP contribution in [0, 0.1) is 6.92 Å². The Balaban J connectivity index is 2.68. The van der Waals surface area contributed by atoms with Gasteiger partial charge < -0.3 is 0 Å². The lowest BCUT2D eigenvalue weighted by Gasteiger charge is -2.12. The van der Waals surface area contributed by atoms with E-state index in [-0.39, 0.29) is 5.95 Å². The second kappa shape index (κ2) is 4.97. The molecule has 1 aromatic carbocycles. The smallest absolute Gasteiger partial charge is 0.292 e. The summed E-state index contributed by atoms with van der Waals surface area (Å²) >= 11 is 0. The van der Waals surface area contributed by atoms with Crippen LogP contribution in [0.4, 0.5) is 5.95 Å². The fourth-order valence-corrected chi connectivity index (χ4v) is 1.88. The summed E-state index contributed by atoms with van der Waals surface area (Å²) in [6, 6.07) is 7.69. The van der Waals surface area contributed by atoms with Crippen molar-refractivity contribution >= 4 is 5.95 Å². The number of para-hydroxylation sites is 1. The van der Waals surface area contributed by atoms with Crippen LogP contribution in [0.15, 0.2) is 29.1 Å². The second-order valence-electron chi connectivity index (χ2n) is 3.84. The monoisotopic (exact) mass is 245 g/mol. The lowest BCUT2D eigenvalue weighted by molar-refractivity contribution is 0.802. The molecule has 6 nitrogen and oxygen atoms in total. The molecule has 3 N–H and O–H groups in total. The van der Waals surface area contributed by atoms with Crippen LogP contribution in [0.25, 0.3) is 5.69 Å². The fraction of sp³-hybridized carbons (Fsp3) is 0.250. The Kier molecular flexibility index (Phi) is 3.38. The molecule has 0 fully saturated rings. The normalized spacial score (nSPS) is 10.4. The molecule has 18 heavy (non-hydrogen) atoms. The highest BCUT2D eigenvalue weighted by atomic mass is 16.1. The van der Waals surface area contributed by atoms with Crippen molar-refractivity contribution in [1.82, 2.24) is 14.5 Å². The highest BCUT2D eigenvalue weighted by Crippen LogP contribution is 2.14. The molecule has 0 aliphatic heterocycles. The van der Waals surface area contributed by atoms with E-state index in [0.29, 0.717) is 5.82 Å². The van der Waals surface area contributed by atoms with E-state index in [1.165, 1.54) is 4.57 Å². The van der Waals surface area contributed by atoms with Crippen LogP contribution in [0.3, 0.4) is 0 Å². The number of aryl methyl sites for hydroxylation is 2. The van der Waals surface area contributed by atoms with Gasteiger partial charge in [-0.1, -0.05) is 25.1 Å². The maximum absolute atomic E-state index is 12.0. The topological polar surface area (TPSA) is 85.8 Å². The van der Waals surface area contributed by atoms with Gasteiger partial charge in [0.25, 0.3) is 0 Å². The Bertz CT molecular complexity index is 620. The molecule has 0 aliphatic rings. The van der Waals surface area contributed by atoms with Crippen LogP contribution in [0.5, 0.6) is 0 Å². The van der Waals surface area contributed by atoms with E-state index >= 15 is 0 Å². The molecule has 0 saturated carbocycles. The zero-order valence-corrected chi connectivity index (χ0v) is 10.3. The van der Waals surface area contributed by atoms with Crippen molar-refractivity contribution in [2.45, 2.75) is 20.3 Å². The van der Waals surface area contributed by atoms with Crippen LogP contribution in [0.1, 0.15) is 18.3 Å². The average Bonchev–Trinajstić information content (AvgIpc) is 2.38. The summed E-state index contributed by atoms with van der Waals surface area (Å²) in [4.78, 5) is 19.9. The van der Waals surface area contributed by atoms with E-state index in [4.69, 9.17) is 5.84 Å². The number of benzene rings is 1. The van der Waals surface area contributed by atoms with Gasteiger partial charge in [0.15, 0.2) is 0 Å². The van der Waals surface area contributed by atoms with E-state index < -0.39 is 5.69 Å². The molecule has 2 aromatic rings. The number of anilines is 1.